The van der Waals surface area contributed by atoms with Crippen LogP contribution in [-0.4, -0.2) is 29.2 Å². The Labute approximate surface area is 194 Å². The average molecular weight is 406 g/mol. The van der Waals surface area contributed by atoms with Crippen LogP contribution in [0.15, 0.2) is 72.5 Å². The summed E-state index contributed by atoms with van der Waals surface area (Å²) in [6.07, 6.45) is -5.96. The lowest BCUT2D eigenvalue weighted by Crippen LogP contribution is -2.22. The zero-order chi connectivity index (χ0) is 34.7. The smallest absolute Gasteiger partial charge is 0.335 e. The molecular formula is C25H27NO3. The van der Waals surface area contributed by atoms with Crippen LogP contribution >= 0.6 is 0 Å². The van der Waals surface area contributed by atoms with Crippen molar-refractivity contribution in [2.45, 2.75) is 25.8 Å². The first kappa shape index (κ1) is 8.42. The summed E-state index contributed by atoms with van der Waals surface area (Å²) in [6, 6.07) is -9.47. The van der Waals surface area contributed by atoms with Gasteiger partial charge in [0.1, 0.15) is 0 Å². The fraction of sp³-hybridized carbons (Fsp3) is 0.240. The van der Waals surface area contributed by atoms with E-state index in [9.17, 15) is 15.0 Å². The Bertz CT molecular complexity index is 1700. The first-order valence-corrected chi connectivity index (χ1v) is 8.44. The molecule has 1 atom stereocenters. The van der Waals surface area contributed by atoms with Crippen LogP contribution in [0.25, 0.3) is 11.1 Å². The van der Waals surface area contributed by atoms with Crippen LogP contribution < -0.4 is 5.32 Å². The molecule has 0 amide bonds. The molecule has 0 heterocycles. The largest absolute Gasteiger partial charge is 0.478 e. The van der Waals surface area contributed by atoms with Gasteiger partial charge in [-0.1, -0.05) is 66.0 Å². The van der Waals surface area contributed by atoms with Crippen molar-refractivity contribution in [2.24, 2.45) is 0 Å². The number of hydrogen-bond acceptors (Lipinski definition) is 3. The van der Waals surface area contributed by atoms with E-state index in [4.69, 9.17) is 21.9 Å². The van der Waals surface area contributed by atoms with Gasteiger partial charge < -0.3 is 15.5 Å². The molecule has 4 heteroatoms. The molecule has 150 valence electrons. The van der Waals surface area contributed by atoms with Crippen molar-refractivity contribution in [3.05, 3.63) is 94.8 Å². The Hall–Kier alpha value is -2.95. The third-order valence-electron chi connectivity index (χ3n) is 3.61. The standard InChI is InChI=1S/C25H27NO3/c1-18-6-2-11-22(14-18)24(27)17-26-13-5-8-19-7-3-9-20(15-19)21-10-4-12-23(16-21)25(28)29/h2-4,6-7,9-12,14-16,24,26-27H,5,8,13,17H2,1H3,(H,28,29)/t24-/m0/s1/i2D,3D,4D,5D2,6D,7D,9D,10D,11D,12D,13D2,14D,15D,16D. The number of aromatic carboxylic acids is 1. The highest BCUT2D eigenvalue weighted by Crippen LogP contribution is 2.22. The van der Waals surface area contributed by atoms with Crippen LogP contribution in [0.2, 0.25) is 0 Å². The van der Waals surface area contributed by atoms with Crippen LogP contribution in [0.5, 0.6) is 0 Å². The van der Waals surface area contributed by atoms with Gasteiger partial charge >= 0.3 is 5.97 Å². The van der Waals surface area contributed by atoms with Gasteiger partial charge in [0.2, 0.25) is 0 Å². The Morgan fingerprint density at radius 2 is 1.79 bits per heavy atom. The van der Waals surface area contributed by atoms with Gasteiger partial charge in [-0.25, -0.2) is 4.79 Å². The van der Waals surface area contributed by atoms with E-state index in [0.717, 1.165) is 0 Å². The number of benzene rings is 3. The summed E-state index contributed by atoms with van der Waals surface area (Å²) in [4.78, 5) is 11.7. The molecule has 0 unspecified atom stereocenters. The lowest BCUT2D eigenvalue weighted by atomic mass is 9.99. The summed E-state index contributed by atoms with van der Waals surface area (Å²) < 4.78 is 131. The molecule has 0 radical (unpaired) electrons. The van der Waals surface area contributed by atoms with Gasteiger partial charge in [0.15, 0.2) is 0 Å². The molecule has 3 N–H and O–H groups in total. The number of carbonyl (C=O) groups is 1. The molecular weight excluding hydrogens is 362 g/mol. The van der Waals surface area contributed by atoms with Crippen molar-refractivity contribution in [3.8, 4) is 11.1 Å². The van der Waals surface area contributed by atoms with Crippen molar-refractivity contribution < 1.29 is 36.9 Å². The van der Waals surface area contributed by atoms with Crippen molar-refractivity contribution in [2.75, 3.05) is 13.0 Å². The van der Waals surface area contributed by atoms with Crippen molar-refractivity contribution in [1.29, 1.82) is 0 Å². The third-order valence-corrected chi connectivity index (χ3v) is 3.61. The van der Waals surface area contributed by atoms with Crippen LogP contribution in [0.4, 0.5) is 0 Å². The minimum absolute atomic E-state index is 0.00812. The summed E-state index contributed by atoms with van der Waals surface area (Å²) in [7, 11) is 0. The van der Waals surface area contributed by atoms with Crippen molar-refractivity contribution in [3.63, 3.8) is 0 Å². The van der Waals surface area contributed by atoms with Gasteiger partial charge in [-0.05, 0) is 60.6 Å². The Morgan fingerprint density at radius 1 is 1.07 bits per heavy atom. The maximum Gasteiger partial charge on any atom is 0.335 e. The van der Waals surface area contributed by atoms with Gasteiger partial charge in [0.05, 0.1) is 28.1 Å². The molecule has 0 aliphatic carbocycles. The number of aliphatic hydroxyl groups excluding tert-OH is 1. The number of aliphatic hydroxyl groups is 1. The first-order valence-electron chi connectivity index (χ1n) is 16.4. The SMILES string of the molecule is [2H]c1c([2H])c(CC([2H])([2H])C([2H])([2H])NC[C@H](O)c2c([2H])c([2H])c([2H])c(C)c2[2H])c([2H])c(-c2c([2H])c([2H])c([2H])c(C(=O)O)c2[2H])c1[2H]. The predicted molar refractivity (Wildman–Crippen MR) is 116 cm³/mol. The number of rotatable bonds is 9. The minimum Gasteiger partial charge on any atom is -0.478 e. The highest BCUT2D eigenvalue weighted by Gasteiger charge is 2.07. The molecule has 0 aromatic heterocycles. The Morgan fingerprint density at radius 3 is 2.59 bits per heavy atom. The zero-order valence-corrected chi connectivity index (χ0v) is 15.3. The van der Waals surface area contributed by atoms with E-state index in [1.54, 1.807) is 0 Å². The van der Waals surface area contributed by atoms with E-state index in [1.807, 2.05) is 0 Å². The van der Waals surface area contributed by atoms with Gasteiger partial charge in [-0.3, -0.25) is 0 Å². The quantitative estimate of drug-likeness (QED) is 0.486. The van der Waals surface area contributed by atoms with E-state index >= 15 is 0 Å². The number of carboxylic acid groups (broad SMARTS) is 1. The summed E-state index contributed by atoms with van der Waals surface area (Å²) in [6.45, 7) is -2.53. The molecule has 0 aliphatic heterocycles. The number of carboxylic acids is 1. The Balaban J connectivity index is 2.09. The Kier molecular flexibility index (Phi) is 2.91. The maximum atomic E-state index is 11.7. The van der Waals surface area contributed by atoms with Crippen molar-refractivity contribution >= 4 is 5.97 Å². The number of hydrogen-bond donors (Lipinski definition) is 3. The fourth-order valence-corrected chi connectivity index (χ4v) is 2.24. The van der Waals surface area contributed by atoms with Crippen LogP contribution in [-0.2, 0) is 6.42 Å². The fourth-order valence-electron chi connectivity index (χ4n) is 2.24. The van der Waals surface area contributed by atoms with E-state index in [1.165, 1.54) is 6.92 Å². The van der Waals surface area contributed by atoms with Crippen LogP contribution in [0, 0.1) is 6.92 Å². The normalized spacial score (nSPS) is 20.8. The van der Waals surface area contributed by atoms with E-state index in [2.05, 4.69) is 5.32 Å². The molecule has 29 heavy (non-hydrogen) atoms. The lowest BCUT2D eigenvalue weighted by Gasteiger charge is -2.13. The topological polar surface area (TPSA) is 69.6 Å². The van der Waals surface area contributed by atoms with E-state index < -0.39 is 133 Å². The molecule has 0 saturated heterocycles. The molecule has 0 bridgehead atoms. The second-order valence-electron chi connectivity index (χ2n) is 5.82. The molecule has 0 saturated carbocycles. The molecule has 0 aliphatic rings. The first-order chi connectivity index (χ1) is 20.5. The third kappa shape index (κ3) is 6.01. The van der Waals surface area contributed by atoms with Gasteiger partial charge in [-0.2, -0.15) is 0 Å². The van der Waals surface area contributed by atoms with E-state index in [0.29, 0.717) is 0 Å². The highest BCUT2D eigenvalue weighted by molar-refractivity contribution is 5.89. The zero-order valence-electron chi connectivity index (χ0n) is 31.3. The van der Waals surface area contributed by atoms with Crippen LogP contribution in [0.3, 0.4) is 0 Å². The molecule has 3 aromatic rings. The summed E-state index contributed by atoms with van der Waals surface area (Å²) >= 11 is 0. The average Bonchev–Trinajstić information content (AvgIpc) is 2.95. The van der Waals surface area contributed by atoms with Gasteiger partial charge in [0, 0.05) is 12.0 Å². The summed E-state index contributed by atoms with van der Waals surface area (Å²) in [5, 5.41) is 22.3. The molecule has 0 fully saturated rings. The molecule has 3 rings (SSSR count). The second-order valence-corrected chi connectivity index (χ2v) is 5.82. The summed E-state index contributed by atoms with van der Waals surface area (Å²) in [5.41, 5.74) is -3.59. The highest BCUT2D eigenvalue weighted by atomic mass is 16.4. The molecule has 3 aromatic carbocycles. The van der Waals surface area contributed by atoms with E-state index in [-0.39, 0.29) is 11.1 Å². The van der Waals surface area contributed by atoms with Crippen LogP contribution in [0.1, 0.15) is 61.5 Å². The number of nitrogens with one attached hydrogen (secondary N) is 1. The van der Waals surface area contributed by atoms with Crippen molar-refractivity contribution in [1.82, 2.24) is 5.32 Å². The van der Waals surface area contributed by atoms with Gasteiger partial charge in [-0.15, -0.1) is 0 Å². The van der Waals surface area contributed by atoms with Gasteiger partial charge in [0.25, 0.3) is 0 Å². The maximum absolute atomic E-state index is 11.7. The second kappa shape index (κ2) is 10.0. The molecule has 0 spiro atoms. The summed E-state index contributed by atoms with van der Waals surface area (Å²) in [5.74, 6) is -1.81. The monoisotopic (exact) mass is 405 g/mol. The lowest BCUT2D eigenvalue weighted by molar-refractivity contribution is 0.0697. The molecule has 4 nitrogen and oxygen atoms in total. The predicted octanol–water partition coefficient (Wildman–Crippen LogP) is 4.62. The minimum atomic E-state index is -3.08.